The topological polar surface area (TPSA) is 46.6 Å². The van der Waals surface area contributed by atoms with E-state index < -0.39 is 0 Å². The molecule has 0 bridgehead atoms. The molecule has 1 amide bonds. The van der Waals surface area contributed by atoms with Gasteiger partial charge in [-0.05, 0) is 42.4 Å². The van der Waals surface area contributed by atoms with Crippen molar-refractivity contribution in [3.8, 4) is 5.75 Å². The van der Waals surface area contributed by atoms with Gasteiger partial charge in [-0.25, -0.2) is 0 Å². The van der Waals surface area contributed by atoms with E-state index in [1.54, 1.807) is 14.0 Å². The average Bonchev–Trinajstić information content (AvgIpc) is 2.48. The van der Waals surface area contributed by atoms with E-state index in [0.29, 0.717) is 13.0 Å². The van der Waals surface area contributed by atoms with Crippen LogP contribution in [-0.2, 0) is 16.0 Å². The molecule has 1 atom stereocenters. The van der Waals surface area contributed by atoms with Crippen molar-refractivity contribution in [2.24, 2.45) is 5.41 Å². The first-order chi connectivity index (χ1) is 10.1. The second kappa shape index (κ2) is 6.74. The number of benzene rings is 1. The second-order valence-corrected chi connectivity index (χ2v) is 5.94. The Morgan fingerprint density at radius 1 is 1.38 bits per heavy atom. The summed E-state index contributed by atoms with van der Waals surface area (Å²) in [6, 6.07) is 7.96. The van der Waals surface area contributed by atoms with Crippen molar-refractivity contribution in [1.29, 1.82) is 0 Å². The second-order valence-electron chi connectivity index (χ2n) is 5.94. The average molecular weight is 289 g/mol. The van der Waals surface area contributed by atoms with Crippen molar-refractivity contribution in [2.75, 3.05) is 20.2 Å². The van der Waals surface area contributed by atoms with Crippen molar-refractivity contribution < 1.29 is 14.3 Å². The molecule has 2 rings (SSSR count). The lowest BCUT2D eigenvalue weighted by atomic mass is 9.73. The minimum absolute atomic E-state index is 0.0969. The van der Waals surface area contributed by atoms with Crippen molar-refractivity contribution in [1.82, 2.24) is 4.90 Å². The molecule has 1 fully saturated rings. The Labute approximate surface area is 126 Å². The molecule has 0 aromatic heterocycles. The quantitative estimate of drug-likeness (QED) is 0.782. The predicted molar refractivity (Wildman–Crippen MR) is 81.3 cm³/mol. The largest absolute Gasteiger partial charge is 0.497 e. The van der Waals surface area contributed by atoms with Crippen LogP contribution >= 0.6 is 0 Å². The van der Waals surface area contributed by atoms with E-state index in [1.165, 1.54) is 5.56 Å². The minimum atomic E-state index is -0.125. The molecule has 1 unspecified atom stereocenters. The molecule has 0 N–H and O–H groups in total. The van der Waals surface area contributed by atoms with Gasteiger partial charge >= 0.3 is 0 Å². The molecule has 1 aliphatic heterocycles. The maximum atomic E-state index is 11.6. The molecule has 1 saturated heterocycles. The molecular weight excluding hydrogens is 266 g/mol. The molecule has 4 heteroatoms. The Bertz CT molecular complexity index is 497. The van der Waals surface area contributed by atoms with Crippen molar-refractivity contribution in [3.63, 3.8) is 0 Å². The number of methoxy groups -OCH3 is 1. The molecule has 4 nitrogen and oxygen atoms in total. The summed E-state index contributed by atoms with van der Waals surface area (Å²) < 4.78 is 5.17. The maximum Gasteiger partial charge on any atom is 0.219 e. The first-order valence-corrected chi connectivity index (χ1v) is 7.41. The van der Waals surface area contributed by atoms with Crippen molar-refractivity contribution >= 4 is 12.2 Å². The smallest absolute Gasteiger partial charge is 0.219 e. The SMILES string of the molecule is COc1ccc(CC2(CC=O)CCCN(C(C)=O)C2)cc1. The van der Waals surface area contributed by atoms with Crippen molar-refractivity contribution in [2.45, 2.75) is 32.6 Å². The molecular formula is C17H23NO3. The third kappa shape index (κ3) is 3.84. The van der Waals surface area contributed by atoms with Gasteiger partial charge in [-0.3, -0.25) is 4.79 Å². The Hall–Kier alpha value is -1.84. The molecule has 1 aromatic rings. The molecule has 114 valence electrons. The number of hydrogen-bond acceptors (Lipinski definition) is 3. The molecule has 0 radical (unpaired) electrons. The number of carbonyl (C=O) groups excluding carboxylic acids is 2. The predicted octanol–water partition coefficient (Wildman–Crippen LogP) is 2.46. The van der Waals surface area contributed by atoms with Crippen LogP contribution in [-0.4, -0.2) is 37.3 Å². The van der Waals surface area contributed by atoms with Crippen LogP contribution in [0, 0.1) is 5.41 Å². The van der Waals surface area contributed by atoms with Crippen LogP contribution in [0.1, 0.15) is 31.7 Å². The van der Waals surface area contributed by atoms with E-state index in [2.05, 4.69) is 0 Å². The molecule has 1 aromatic carbocycles. The van der Waals surface area contributed by atoms with E-state index in [4.69, 9.17) is 4.74 Å². The van der Waals surface area contributed by atoms with Gasteiger partial charge in [0.25, 0.3) is 0 Å². The standard InChI is InChI=1S/C17H23NO3/c1-14(20)18-10-3-8-17(13-18,9-11-19)12-15-4-6-16(21-2)7-5-15/h4-7,11H,3,8-10,12-13H2,1-2H3. The van der Waals surface area contributed by atoms with Crippen LogP contribution in [0.5, 0.6) is 5.75 Å². The summed E-state index contributed by atoms with van der Waals surface area (Å²) >= 11 is 0. The van der Waals surface area contributed by atoms with Gasteiger partial charge in [-0.1, -0.05) is 12.1 Å². The summed E-state index contributed by atoms with van der Waals surface area (Å²) in [6.45, 7) is 3.08. The lowest BCUT2D eigenvalue weighted by molar-refractivity contribution is -0.133. The number of hydrogen-bond donors (Lipinski definition) is 0. The first-order valence-electron chi connectivity index (χ1n) is 7.41. The monoisotopic (exact) mass is 289 g/mol. The lowest BCUT2D eigenvalue weighted by Crippen LogP contribution is -2.46. The van der Waals surface area contributed by atoms with Gasteiger partial charge in [0.2, 0.25) is 5.91 Å². The van der Waals surface area contributed by atoms with Crippen LogP contribution in [0.3, 0.4) is 0 Å². The van der Waals surface area contributed by atoms with Crippen LogP contribution in [0.4, 0.5) is 0 Å². The molecule has 21 heavy (non-hydrogen) atoms. The van der Waals surface area contributed by atoms with Gasteiger partial charge in [-0.15, -0.1) is 0 Å². The zero-order chi connectivity index (χ0) is 15.3. The van der Waals surface area contributed by atoms with Crippen LogP contribution < -0.4 is 4.74 Å². The van der Waals surface area contributed by atoms with E-state index in [1.807, 2.05) is 29.2 Å². The van der Waals surface area contributed by atoms with Gasteiger partial charge < -0.3 is 14.4 Å². The van der Waals surface area contributed by atoms with Crippen LogP contribution in [0.15, 0.2) is 24.3 Å². The lowest BCUT2D eigenvalue weighted by Gasteiger charge is -2.42. The summed E-state index contributed by atoms with van der Waals surface area (Å²) in [6.07, 6.45) is 4.26. The third-order valence-electron chi connectivity index (χ3n) is 4.36. The summed E-state index contributed by atoms with van der Waals surface area (Å²) in [5, 5.41) is 0. The Kier molecular flexibility index (Phi) is 4.99. The molecule has 1 aliphatic rings. The summed E-state index contributed by atoms with van der Waals surface area (Å²) in [4.78, 5) is 24.6. The number of likely N-dealkylation sites (tertiary alicyclic amines) is 1. The van der Waals surface area contributed by atoms with Gasteiger partial charge in [-0.2, -0.15) is 0 Å². The Morgan fingerprint density at radius 2 is 2.10 bits per heavy atom. The fourth-order valence-corrected chi connectivity index (χ4v) is 3.21. The molecule has 0 aliphatic carbocycles. The minimum Gasteiger partial charge on any atom is -0.497 e. The third-order valence-corrected chi connectivity index (χ3v) is 4.36. The normalized spacial score (nSPS) is 21.9. The Morgan fingerprint density at radius 3 is 2.67 bits per heavy atom. The molecule has 0 saturated carbocycles. The number of piperidine rings is 1. The number of amides is 1. The highest BCUT2D eigenvalue weighted by molar-refractivity contribution is 5.73. The van der Waals surface area contributed by atoms with E-state index in [9.17, 15) is 9.59 Å². The zero-order valence-electron chi connectivity index (χ0n) is 12.8. The number of aldehydes is 1. The molecule has 1 heterocycles. The van der Waals surface area contributed by atoms with E-state index in [0.717, 1.165) is 37.8 Å². The number of carbonyl (C=O) groups is 2. The number of nitrogens with zero attached hydrogens (tertiary/aromatic N) is 1. The van der Waals surface area contributed by atoms with Gasteiger partial charge in [0.1, 0.15) is 12.0 Å². The highest BCUT2D eigenvalue weighted by Gasteiger charge is 2.36. The summed E-state index contributed by atoms with van der Waals surface area (Å²) in [5.74, 6) is 0.928. The Balaban J connectivity index is 2.16. The zero-order valence-corrected chi connectivity index (χ0v) is 12.8. The number of ether oxygens (including phenoxy) is 1. The highest BCUT2D eigenvalue weighted by Crippen LogP contribution is 2.36. The van der Waals surface area contributed by atoms with Crippen LogP contribution in [0.2, 0.25) is 0 Å². The fraction of sp³-hybridized carbons (Fsp3) is 0.529. The van der Waals surface area contributed by atoms with E-state index >= 15 is 0 Å². The highest BCUT2D eigenvalue weighted by atomic mass is 16.5. The van der Waals surface area contributed by atoms with Crippen LogP contribution in [0.25, 0.3) is 0 Å². The van der Waals surface area contributed by atoms with E-state index in [-0.39, 0.29) is 11.3 Å². The summed E-state index contributed by atoms with van der Waals surface area (Å²) in [5.41, 5.74) is 1.06. The first kappa shape index (κ1) is 15.5. The van der Waals surface area contributed by atoms with Gasteiger partial charge in [0.15, 0.2) is 0 Å². The van der Waals surface area contributed by atoms with Gasteiger partial charge in [0, 0.05) is 26.4 Å². The number of rotatable bonds is 5. The van der Waals surface area contributed by atoms with Gasteiger partial charge in [0.05, 0.1) is 7.11 Å². The van der Waals surface area contributed by atoms with Crippen molar-refractivity contribution in [3.05, 3.63) is 29.8 Å². The maximum absolute atomic E-state index is 11.6. The fourth-order valence-electron chi connectivity index (χ4n) is 3.21. The molecule has 0 spiro atoms. The summed E-state index contributed by atoms with van der Waals surface area (Å²) in [7, 11) is 1.65.